The lowest BCUT2D eigenvalue weighted by molar-refractivity contribution is -0.114. The highest BCUT2D eigenvalue weighted by molar-refractivity contribution is 5.90. The standard InChI is InChI=1S/C28H29N3O2/c1-18-6-7-23(19(2)14-18)17-31-27(21-8-11-24(12-9-21)29-20(3)32)15-22-10-13-25(30(4)5)16-26(22)28(31)33/h6-16H,17H2,1-5H3,(H,29,32). The SMILES string of the molecule is CC(=O)Nc1ccc(-c2cc3ccc(N(C)C)cc3c(=O)n2Cc2ccc(C)cc2C)cc1. The largest absolute Gasteiger partial charge is 0.378 e. The van der Waals surface area contributed by atoms with E-state index in [0.717, 1.165) is 39.1 Å². The van der Waals surface area contributed by atoms with Crippen molar-refractivity contribution >= 4 is 28.1 Å². The van der Waals surface area contributed by atoms with Crippen molar-refractivity contribution in [2.75, 3.05) is 24.3 Å². The van der Waals surface area contributed by atoms with E-state index in [2.05, 4.69) is 43.4 Å². The zero-order chi connectivity index (χ0) is 23.7. The molecule has 1 amide bonds. The van der Waals surface area contributed by atoms with Crippen LogP contribution in [-0.2, 0) is 11.3 Å². The van der Waals surface area contributed by atoms with Gasteiger partial charge in [-0.15, -0.1) is 0 Å². The van der Waals surface area contributed by atoms with Gasteiger partial charge in [-0.05, 0) is 66.3 Å². The van der Waals surface area contributed by atoms with Gasteiger partial charge in [0.1, 0.15) is 0 Å². The van der Waals surface area contributed by atoms with Gasteiger partial charge in [-0.1, -0.05) is 42.0 Å². The van der Waals surface area contributed by atoms with Gasteiger partial charge in [0, 0.05) is 37.8 Å². The van der Waals surface area contributed by atoms with Crippen molar-refractivity contribution in [1.29, 1.82) is 0 Å². The number of aromatic nitrogens is 1. The summed E-state index contributed by atoms with van der Waals surface area (Å²) in [5.41, 5.74) is 6.95. The second-order valence-electron chi connectivity index (χ2n) is 8.78. The number of hydrogen-bond donors (Lipinski definition) is 1. The van der Waals surface area contributed by atoms with Crippen molar-refractivity contribution in [3.8, 4) is 11.3 Å². The van der Waals surface area contributed by atoms with Crippen LogP contribution in [0, 0.1) is 13.8 Å². The monoisotopic (exact) mass is 439 g/mol. The summed E-state index contributed by atoms with van der Waals surface area (Å²) in [7, 11) is 3.95. The quantitative estimate of drug-likeness (QED) is 0.456. The summed E-state index contributed by atoms with van der Waals surface area (Å²) in [4.78, 5) is 27.2. The number of nitrogens with zero attached hydrogens (tertiary/aromatic N) is 2. The smallest absolute Gasteiger partial charge is 0.259 e. The van der Waals surface area contributed by atoms with E-state index < -0.39 is 0 Å². The molecule has 5 heteroatoms. The van der Waals surface area contributed by atoms with Crippen molar-refractivity contribution in [1.82, 2.24) is 4.57 Å². The van der Waals surface area contributed by atoms with Crippen LogP contribution in [0.25, 0.3) is 22.0 Å². The zero-order valence-corrected chi connectivity index (χ0v) is 19.8. The van der Waals surface area contributed by atoms with E-state index in [0.29, 0.717) is 11.9 Å². The third-order valence-electron chi connectivity index (χ3n) is 5.94. The topological polar surface area (TPSA) is 54.3 Å². The Morgan fingerprint density at radius 2 is 1.67 bits per heavy atom. The van der Waals surface area contributed by atoms with Crippen molar-refractivity contribution in [2.45, 2.75) is 27.3 Å². The Morgan fingerprint density at radius 3 is 2.30 bits per heavy atom. The highest BCUT2D eigenvalue weighted by Gasteiger charge is 2.14. The Kier molecular flexibility index (Phi) is 6.05. The molecule has 0 saturated heterocycles. The second kappa shape index (κ2) is 8.94. The van der Waals surface area contributed by atoms with Crippen LogP contribution in [0.2, 0.25) is 0 Å². The fourth-order valence-corrected chi connectivity index (χ4v) is 4.13. The maximum atomic E-state index is 13.8. The van der Waals surface area contributed by atoms with Gasteiger partial charge >= 0.3 is 0 Å². The fraction of sp³-hybridized carbons (Fsp3) is 0.214. The molecule has 0 spiro atoms. The molecule has 0 bridgehead atoms. The minimum absolute atomic E-state index is 0.0166. The number of aryl methyl sites for hydroxylation is 2. The number of rotatable bonds is 5. The number of carbonyl (C=O) groups is 1. The molecule has 0 unspecified atom stereocenters. The zero-order valence-electron chi connectivity index (χ0n) is 19.8. The van der Waals surface area contributed by atoms with Crippen LogP contribution in [0.3, 0.4) is 0 Å². The van der Waals surface area contributed by atoms with Crippen molar-refractivity contribution in [2.24, 2.45) is 0 Å². The van der Waals surface area contributed by atoms with E-state index in [9.17, 15) is 9.59 Å². The summed E-state index contributed by atoms with van der Waals surface area (Å²) in [6.07, 6.45) is 0. The van der Waals surface area contributed by atoms with Crippen LogP contribution in [-0.4, -0.2) is 24.6 Å². The predicted molar refractivity (Wildman–Crippen MR) is 137 cm³/mol. The van der Waals surface area contributed by atoms with Crippen molar-refractivity contribution in [3.63, 3.8) is 0 Å². The van der Waals surface area contributed by atoms with E-state index in [4.69, 9.17) is 0 Å². The van der Waals surface area contributed by atoms with Gasteiger partial charge in [-0.25, -0.2) is 0 Å². The highest BCUT2D eigenvalue weighted by Crippen LogP contribution is 2.27. The molecule has 0 aliphatic rings. The number of amides is 1. The molecule has 4 rings (SSSR count). The summed E-state index contributed by atoms with van der Waals surface area (Å²) >= 11 is 0. The first kappa shape index (κ1) is 22.3. The molecule has 168 valence electrons. The molecular formula is C28H29N3O2. The Bertz CT molecular complexity index is 1400. The van der Waals surface area contributed by atoms with E-state index in [1.165, 1.54) is 12.5 Å². The normalized spacial score (nSPS) is 10.9. The van der Waals surface area contributed by atoms with E-state index in [1.807, 2.05) is 66.0 Å². The Hall–Kier alpha value is -3.86. The summed E-state index contributed by atoms with van der Waals surface area (Å²) in [5, 5.41) is 4.40. The third kappa shape index (κ3) is 4.67. The molecule has 0 saturated carbocycles. The first-order valence-corrected chi connectivity index (χ1v) is 11.0. The molecular weight excluding hydrogens is 410 g/mol. The van der Waals surface area contributed by atoms with E-state index in [-0.39, 0.29) is 11.5 Å². The summed E-state index contributed by atoms with van der Waals surface area (Å²) in [6.45, 7) is 6.13. The number of nitrogens with one attached hydrogen (secondary N) is 1. The lowest BCUT2D eigenvalue weighted by Gasteiger charge is -2.18. The summed E-state index contributed by atoms with van der Waals surface area (Å²) in [6, 6.07) is 22.0. The lowest BCUT2D eigenvalue weighted by atomic mass is 10.0. The van der Waals surface area contributed by atoms with Crippen LogP contribution in [0.1, 0.15) is 23.6 Å². The molecule has 5 nitrogen and oxygen atoms in total. The van der Waals surface area contributed by atoms with Gasteiger partial charge in [0.15, 0.2) is 0 Å². The van der Waals surface area contributed by atoms with Gasteiger partial charge in [-0.3, -0.25) is 9.59 Å². The first-order chi connectivity index (χ1) is 15.7. The van der Waals surface area contributed by atoms with E-state index in [1.54, 1.807) is 0 Å². The molecule has 3 aromatic carbocycles. The number of anilines is 2. The Labute approximate surface area is 194 Å². The minimum Gasteiger partial charge on any atom is -0.378 e. The maximum Gasteiger partial charge on any atom is 0.259 e. The van der Waals surface area contributed by atoms with Crippen molar-refractivity contribution < 1.29 is 4.79 Å². The molecule has 0 aliphatic heterocycles. The molecule has 0 atom stereocenters. The van der Waals surface area contributed by atoms with Crippen molar-refractivity contribution in [3.05, 3.63) is 93.8 Å². The fourth-order valence-electron chi connectivity index (χ4n) is 4.13. The molecule has 0 fully saturated rings. The number of benzene rings is 3. The Morgan fingerprint density at radius 1 is 0.939 bits per heavy atom. The summed E-state index contributed by atoms with van der Waals surface area (Å²) in [5.74, 6) is -0.114. The second-order valence-corrected chi connectivity index (χ2v) is 8.78. The number of hydrogen-bond acceptors (Lipinski definition) is 3. The molecule has 33 heavy (non-hydrogen) atoms. The Balaban J connectivity index is 1.91. The average Bonchev–Trinajstić information content (AvgIpc) is 2.77. The first-order valence-electron chi connectivity index (χ1n) is 11.0. The van der Waals surface area contributed by atoms with Crippen LogP contribution < -0.4 is 15.8 Å². The van der Waals surface area contributed by atoms with Gasteiger partial charge in [0.05, 0.1) is 12.2 Å². The van der Waals surface area contributed by atoms with E-state index >= 15 is 0 Å². The molecule has 0 aliphatic carbocycles. The molecule has 4 aromatic rings. The van der Waals surface area contributed by atoms with Gasteiger partial charge in [0.2, 0.25) is 5.91 Å². The lowest BCUT2D eigenvalue weighted by Crippen LogP contribution is -2.23. The molecule has 1 N–H and O–H groups in total. The van der Waals surface area contributed by atoms with Crippen LogP contribution >= 0.6 is 0 Å². The van der Waals surface area contributed by atoms with Gasteiger partial charge in [-0.2, -0.15) is 0 Å². The number of fused-ring (bicyclic) bond motifs is 1. The molecule has 1 heterocycles. The van der Waals surface area contributed by atoms with Crippen LogP contribution in [0.15, 0.2) is 71.5 Å². The highest BCUT2D eigenvalue weighted by atomic mass is 16.1. The molecule has 0 radical (unpaired) electrons. The van der Waals surface area contributed by atoms with Crippen LogP contribution in [0.4, 0.5) is 11.4 Å². The summed E-state index contributed by atoms with van der Waals surface area (Å²) < 4.78 is 1.85. The number of pyridine rings is 1. The third-order valence-corrected chi connectivity index (χ3v) is 5.94. The predicted octanol–water partition coefficient (Wildman–Crippen LogP) is 5.36. The minimum atomic E-state index is -0.114. The average molecular weight is 440 g/mol. The van der Waals surface area contributed by atoms with Gasteiger partial charge < -0.3 is 14.8 Å². The number of carbonyl (C=O) groups excluding carboxylic acids is 1. The molecule has 1 aromatic heterocycles. The van der Waals surface area contributed by atoms with Crippen LogP contribution in [0.5, 0.6) is 0 Å². The maximum absolute atomic E-state index is 13.8. The van der Waals surface area contributed by atoms with Gasteiger partial charge in [0.25, 0.3) is 5.56 Å².